The van der Waals surface area contributed by atoms with Crippen LogP contribution in [-0.2, 0) is 0 Å². The molecule has 1 aromatic rings. The van der Waals surface area contributed by atoms with Crippen molar-refractivity contribution in [3.63, 3.8) is 0 Å². The van der Waals surface area contributed by atoms with Gasteiger partial charge in [-0.05, 0) is 44.6 Å². The van der Waals surface area contributed by atoms with Crippen LogP contribution in [0, 0.1) is 6.92 Å². The molecule has 1 rings (SSSR count). The molecule has 1 amide bonds. The van der Waals surface area contributed by atoms with Crippen molar-refractivity contribution < 1.29 is 14.3 Å². The molecule has 122 valence electrons. The molecule has 0 radical (unpaired) electrons. The summed E-state index contributed by atoms with van der Waals surface area (Å²) in [5.74, 6) is 0.239. The summed E-state index contributed by atoms with van der Waals surface area (Å²) in [6.07, 6.45) is 0. The highest BCUT2D eigenvalue weighted by Gasteiger charge is 2.17. The van der Waals surface area contributed by atoms with Gasteiger partial charge in [0.15, 0.2) is 5.78 Å². The van der Waals surface area contributed by atoms with Crippen LogP contribution in [0.4, 0.5) is 0 Å². The molecule has 0 saturated carbocycles. The maximum atomic E-state index is 12.4. The Labute approximate surface area is 132 Å². The lowest BCUT2D eigenvalue weighted by Crippen LogP contribution is -2.35. The number of methoxy groups -OCH3 is 1. The average molecular weight is 306 g/mol. The Morgan fingerprint density at radius 1 is 1.23 bits per heavy atom. The number of ketones is 1. The topological polar surface area (TPSA) is 58.6 Å². The quantitative estimate of drug-likeness (QED) is 0.749. The molecule has 5 heteroatoms. The van der Waals surface area contributed by atoms with Gasteiger partial charge in [-0.15, -0.1) is 0 Å². The van der Waals surface area contributed by atoms with Gasteiger partial charge in [-0.2, -0.15) is 0 Å². The standard InChI is InChI=1S/C17H26N2O3/c1-6-19(7-2)9-8-18-17(21)15-11-14(13(4)20)10-12(3)16(15)22-5/h10-11H,6-9H2,1-5H3,(H,18,21). The van der Waals surface area contributed by atoms with Gasteiger partial charge >= 0.3 is 0 Å². The zero-order valence-corrected chi connectivity index (χ0v) is 14.2. The highest BCUT2D eigenvalue weighted by atomic mass is 16.5. The van der Waals surface area contributed by atoms with Crippen LogP contribution in [0.1, 0.15) is 47.1 Å². The number of aryl methyl sites for hydroxylation is 1. The van der Waals surface area contributed by atoms with Crippen molar-refractivity contribution in [2.24, 2.45) is 0 Å². The Morgan fingerprint density at radius 2 is 1.86 bits per heavy atom. The van der Waals surface area contributed by atoms with Gasteiger partial charge in [0.05, 0.1) is 12.7 Å². The number of nitrogens with zero attached hydrogens (tertiary/aromatic N) is 1. The highest BCUT2D eigenvalue weighted by Crippen LogP contribution is 2.25. The average Bonchev–Trinajstić information content (AvgIpc) is 2.50. The number of hydrogen-bond acceptors (Lipinski definition) is 4. The molecule has 0 atom stereocenters. The molecule has 0 spiro atoms. The Morgan fingerprint density at radius 3 is 2.36 bits per heavy atom. The van der Waals surface area contributed by atoms with Crippen molar-refractivity contribution in [3.8, 4) is 5.75 Å². The summed E-state index contributed by atoms with van der Waals surface area (Å²) >= 11 is 0. The summed E-state index contributed by atoms with van der Waals surface area (Å²) in [6.45, 7) is 10.8. The molecule has 0 aromatic heterocycles. The van der Waals surface area contributed by atoms with Gasteiger partial charge in [-0.1, -0.05) is 13.8 Å². The monoisotopic (exact) mass is 306 g/mol. The third-order valence-electron chi connectivity index (χ3n) is 3.74. The number of carbonyl (C=O) groups is 2. The minimum atomic E-state index is -0.213. The van der Waals surface area contributed by atoms with E-state index in [1.165, 1.54) is 14.0 Å². The van der Waals surface area contributed by atoms with Crippen molar-refractivity contribution in [2.75, 3.05) is 33.3 Å². The van der Waals surface area contributed by atoms with Gasteiger partial charge in [-0.3, -0.25) is 9.59 Å². The van der Waals surface area contributed by atoms with Crippen LogP contribution in [0.15, 0.2) is 12.1 Å². The Kier molecular flexibility index (Phi) is 7.05. The molecule has 1 N–H and O–H groups in total. The van der Waals surface area contributed by atoms with E-state index >= 15 is 0 Å². The van der Waals surface area contributed by atoms with E-state index < -0.39 is 0 Å². The molecular weight excluding hydrogens is 280 g/mol. The first-order valence-electron chi connectivity index (χ1n) is 7.64. The summed E-state index contributed by atoms with van der Waals surface area (Å²) in [4.78, 5) is 26.2. The number of carbonyl (C=O) groups excluding carboxylic acids is 2. The summed E-state index contributed by atoms with van der Waals surface area (Å²) in [6, 6.07) is 3.34. The number of benzene rings is 1. The van der Waals surface area contributed by atoms with Crippen molar-refractivity contribution in [2.45, 2.75) is 27.7 Å². The van der Waals surface area contributed by atoms with E-state index in [1.807, 2.05) is 6.92 Å². The van der Waals surface area contributed by atoms with E-state index in [4.69, 9.17) is 4.74 Å². The fourth-order valence-electron chi connectivity index (χ4n) is 2.38. The Balaban J connectivity index is 2.89. The number of likely N-dealkylation sites (N-methyl/N-ethyl adjacent to an activating group) is 1. The van der Waals surface area contributed by atoms with E-state index in [0.717, 1.165) is 25.2 Å². The first kappa shape index (κ1) is 18.2. The number of rotatable bonds is 8. The maximum absolute atomic E-state index is 12.4. The first-order chi connectivity index (χ1) is 10.4. The van der Waals surface area contributed by atoms with Crippen molar-refractivity contribution in [1.29, 1.82) is 0 Å². The second-order valence-electron chi connectivity index (χ2n) is 5.21. The zero-order chi connectivity index (χ0) is 16.7. The molecule has 0 bridgehead atoms. The van der Waals surface area contributed by atoms with Gasteiger partial charge in [0.1, 0.15) is 5.75 Å². The molecule has 22 heavy (non-hydrogen) atoms. The van der Waals surface area contributed by atoms with Crippen molar-refractivity contribution in [1.82, 2.24) is 10.2 Å². The van der Waals surface area contributed by atoms with Crippen LogP contribution in [0.2, 0.25) is 0 Å². The molecule has 0 aliphatic rings. The van der Waals surface area contributed by atoms with E-state index in [1.54, 1.807) is 12.1 Å². The molecule has 0 heterocycles. The van der Waals surface area contributed by atoms with Crippen LogP contribution < -0.4 is 10.1 Å². The second kappa shape index (κ2) is 8.54. The summed E-state index contributed by atoms with van der Waals surface area (Å²) in [5, 5.41) is 2.89. The number of amides is 1. The minimum absolute atomic E-state index is 0.0667. The van der Waals surface area contributed by atoms with Gasteiger partial charge in [0.2, 0.25) is 0 Å². The number of Topliss-reactive ketones (excluding diaryl/α,β-unsaturated/α-hetero) is 1. The number of nitrogens with one attached hydrogen (secondary N) is 1. The van der Waals surface area contributed by atoms with E-state index in [2.05, 4.69) is 24.1 Å². The molecule has 0 saturated heterocycles. The molecule has 0 aliphatic carbocycles. The summed E-state index contributed by atoms with van der Waals surface area (Å²) in [5.41, 5.74) is 1.71. The highest BCUT2D eigenvalue weighted by molar-refractivity contribution is 6.02. The van der Waals surface area contributed by atoms with Gasteiger partial charge in [0.25, 0.3) is 5.91 Å². The maximum Gasteiger partial charge on any atom is 0.255 e. The predicted molar refractivity (Wildman–Crippen MR) is 87.9 cm³/mol. The van der Waals surface area contributed by atoms with Gasteiger partial charge in [0, 0.05) is 18.7 Å². The number of ether oxygens (including phenoxy) is 1. The van der Waals surface area contributed by atoms with Crippen LogP contribution in [-0.4, -0.2) is 49.9 Å². The summed E-state index contributed by atoms with van der Waals surface area (Å²) < 4.78 is 5.32. The lowest BCUT2D eigenvalue weighted by molar-refractivity contribution is 0.0945. The van der Waals surface area contributed by atoms with Crippen LogP contribution in [0.3, 0.4) is 0 Å². The van der Waals surface area contributed by atoms with Crippen molar-refractivity contribution in [3.05, 3.63) is 28.8 Å². The van der Waals surface area contributed by atoms with Crippen LogP contribution >= 0.6 is 0 Å². The lowest BCUT2D eigenvalue weighted by atomic mass is 10.0. The fraction of sp³-hybridized carbons (Fsp3) is 0.529. The van der Waals surface area contributed by atoms with Gasteiger partial charge < -0.3 is 15.0 Å². The second-order valence-corrected chi connectivity index (χ2v) is 5.21. The van der Waals surface area contributed by atoms with Crippen LogP contribution in [0.25, 0.3) is 0 Å². The molecular formula is C17H26N2O3. The molecule has 0 aliphatic heterocycles. The van der Waals surface area contributed by atoms with Gasteiger partial charge in [-0.25, -0.2) is 0 Å². The first-order valence-corrected chi connectivity index (χ1v) is 7.64. The Bertz CT molecular complexity index is 537. The van der Waals surface area contributed by atoms with E-state index in [0.29, 0.717) is 23.4 Å². The van der Waals surface area contributed by atoms with Crippen molar-refractivity contribution >= 4 is 11.7 Å². The Hall–Kier alpha value is -1.88. The molecule has 1 aromatic carbocycles. The largest absolute Gasteiger partial charge is 0.496 e. The normalized spacial score (nSPS) is 10.6. The van der Waals surface area contributed by atoms with E-state index in [9.17, 15) is 9.59 Å². The van der Waals surface area contributed by atoms with E-state index in [-0.39, 0.29) is 11.7 Å². The molecule has 0 fully saturated rings. The molecule has 5 nitrogen and oxygen atoms in total. The zero-order valence-electron chi connectivity index (χ0n) is 14.2. The SMILES string of the molecule is CCN(CC)CCNC(=O)c1cc(C(C)=O)cc(C)c1OC. The van der Waals surface area contributed by atoms with Crippen LogP contribution in [0.5, 0.6) is 5.75 Å². The smallest absolute Gasteiger partial charge is 0.255 e. The minimum Gasteiger partial charge on any atom is -0.496 e. The summed E-state index contributed by atoms with van der Waals surface area (Å²) in [7, 11) is 1.53. The molecule has 0 unspecified atom stereocenters. The third kappa shape index (κ3) is 4.56. The number of hydrogen-bond donors (Lipinski definition) is 1. The fourth-order valence-corrected chi connectivity index (χ4v) is 2.38. The lowest BCUT2D eigenvalue weighted by Gasteiger charge is -2.18. The predicted octanol–water partition coefficient (Wildman–Crippen LogP) is 2.28. The third-order valence-corrected chi connectivity index (χ3v) is 3.74.